The molecule has 3 N–H and O–H groups in total. The van der Waals surface area contributed by atoms with Gasteiger partial charge in [0, 0.05) is 53.8 Å². The lowest BCUT2D eigenvalue weighted by Gasteiger charge is -2.23. The van der Waals surface area contributed by atoms with Gasteiger partial charge < -0.3 is 10.5 Å². The number of nitrogen functional groups attached to an aromatic ring is 1. The molecule has 0 aliphatic rings. The van der Waals surface area contributed by atoms with Crippen molar-refractivity contribution in [3.63, 3.8) is 0 Å². The van der Waals surface area contributed by atoms with Crippen LogP contribution in [-0.4, -0.2) is 6.26 Å². The molecule has 0 atom stereocenters. The third kappa shape index (κ3) is 4.04. The second-order valence-corrected chi connectivity index (χ2v) is 19.7. The van der Waals surface area contributed by atoms with Crippen LogP contribution in [0.15, 0.2) is 24.3 Å². The van der Waals surface area contributed by atoms with Gasteiger partial charge >= 0.3 is 0 Å². The van der Waals surface area contributed by atoms with Crippen molar-refractivity contribution in [3.8, 4) is 0 Å². The summed E-state index contributed by atoms with van der Waals surface area (Å²) in [5.74, 6) is 0. The fourth-order valence-electron chi connectivity index (χ4n) is 0.809. The Kier molecular flexibility index (Phi) is 3.77. The summed E-state index contributed by atoms with van der Waals surface area (Å²) in [6.07, 6.45) is 2.18. The van der Waals surface area contributed by atoms with Crippen LogP contribution < -0.4 is 10.5 Å². The van der Waals surface area contributed by atoms with Crippen LogP contribution in [0, 0.1) is 0 Å². The van der Waals surface area contributed by atoms with Crippen LogP contribution in [-0.2, 0) is 0 Å². The third-order valence-corrected chi connectivity index (χ3v) is 3.10. The molecule has 0 heterocycles. The predicted molar refractivity (Wildman–Crippen MR) is 76.0 cm³/mol. The predicted octanol–water partition coefficient (Wildman–Crippen LogP) is 3.73. The van der Waals surface area contributed by atoms with Crippen LogP contribution in [0.3, 0.4) is 0 Å². The molecule has 0 aliphatic carbocycles. The van der Waals surface area contributed by atoms with Crippen LogP contribution in [0.25, 0.3) is 0 Å². The van der Waals surface area contributed by atoms with Crippen molar-refractivity contribution in [1.29, 1.82) is 0 Å². The van der Waals surface area contributed by atoms with Gasteiger partial charge in [-0.05, 0) is 24.5 Å². The largest absolute Gasteiger partial charge is 0.399 e. The Bertz CT molecular complexity index is 272. The van der Waals surface area contributed by atoms with E-state index >= 15 is 0 Å². The minimum Gasteiger partial charge on any atom is -0.399 e. The molecule has 0 radical (unpaired) electrons. The number of anilines is 2. The molecule has 12 heavy (non-hydrogen) atoms. The van der Waals surface area contributed by atoms with Crippen molar-refractivity contribution >= 4 is 58.3 Å². The van der Waals surface area contributed by atoms with Crippen LogP contribution in [0.4, 0.5) is 11.4 Å². The SMILES string of the molecule is CS(I)(I)Nc1cccc(N)c1. The number of hydrogen-bond acceptors (Lipinski definition) is 2. The van der Waals surface area contributed by atoms with Gasteiger partial charge in [-0.1, -0.05) is 10.6 Å². The van der Waals surface area contributed by atoms with Crippen molar-refractivity contribution in [1.82, 2.24) is 0 Å². The molecule has 1 rings (SSSR count). The van der Waals surface area contributed by atoms with Gasteiger partial charge in [-0.2, -0.15) is 0 Å². The zero-order chi connectivity index (χ0) is 9.19. The van der Waals surface area contributed by atoms with Gasteiger partial charge in [0.25, 0.3) is 0 Å². The van der Waals surface area contributed by atoms with E-state index < -0.39 is 4.56 Å². The van der Waals surface area contributed by atoms with Crippen molar-refractivity contribution in [3.05, 3.63) is 24.3 Å². The lowest BCUT2D eigenvalue weighted by molar-refractivity contribution is 1.66. The first kappa shape index (κ1) is 10.7. The summed E-state index contributed by atoms with van der Waals surface area (Å²) >= 11 is 4.82. The summed E-state index contributed by atoms with van der Waals surface area (Å²) in [5.41, 5.74) is 7.54. The summed E-state index contributed by atoms with van der Waals surface area (Å²) in [5, 5.41) is 0. The monoisotopic (exact) mass is 408 g/mol. The second kappa shape index (κ2) is 4.23. The molecule has 1 aromatic carbocycles. The molecule has 0 unspecified atom stereocenters. The normalized spacial score (nSPS) is 12.6. The van der Waals surface area contributed by atoms with Crippen molar-refractivity contribution < 1.29 is 0 Å². The topological polar surface area (TPSA) is 38.0 Å². The average Bonchev–Trinajstić information content (AvgIpc) is 1.82. The van der Waals surface area contributed by atoms with Gasteiger partial charge in [-0.25, -0.2) is 0 Å². The van der Waals surface area contributed by atoms with Gasteiger partial charge in [-0.15, -0.1) is 0 Å². The number of halogens is 2. The van der Waals surface area contributed by atoms with Crippen LogP contribution in [0.5, 0.6) is 0 Å². The van der Waals surface area contributed by atoms with Crippen molar-refractivity contribution in [2.75, 3.05) is 16.7 Å². The molecule has 0 spiro atoms. The zero-order valence-corrected chi connectivity index (χ0v) is 11.7. The Morgan fingerprint density at radius 1 is 1.42 bits per heavy atom. The molecule has 1 aromatic rings. The molecule has 68 valence electrons. The summed E-state index contributed by atoms with van der Waals surface area (Å²) in [6, 6.07) is 7.82. The first-order valence-corrected chi connectivity index (χ1v) is 10.4. The highest BCUT2D eigenvalue weighted by Crippen LogP contribution is 2.59. The number of hydrogen-bond donors (Lipinski definition) is 2. The molecule has 0 aliphatic heterocycles. The van der Waals surface area contributed by atoms with E-state index in [1.165, 1.54) is 0 Å². The minimum absolute atomic E-state index is 0.759. The van der Waals surface area contributed by atoms with E-state index in [-0.39, 0.29) is 0 Å². The van der Waals surface area contributed by atoms with Gasteiger partial charge in [0.1, 0.15) is 0 Å². The van der Waals surface area contributed by atoms with E-state index in [4.69, 9.17) is 5.73 Å². The van der Waals surface area contributed by atoms with Crippen molar-refractivity contribution in [2.45, 2.75) is 0 Å². The smallest absolute Gasteiger partial charge is 0.0458 e. The standard InChI is InChI=1S/C7H10I2N2S/c1-12(8,9)11-7-4-2-3-6(10)5-7/h2-5,11H,10H2,1H3. The lowest BCUT2D eigenvalue weighted by atomic mass is 10.3. The molecule has 0 saturated heterocycles. The molecule has 0 saturated carbocycles. The van der Waals surface area contributed by atoms with E-state index in [1.54, 1.807) is 0 Å². The average molecular weight is 408 g/mol. The second-order valence-electron chi connectivity index (χ2n) is 2.45. The lowest BCUT2D eigenvalue weighted by Crippen LogP contribution is -1.95. The summed E-state index contributed by atoms with van der Waals surface area (Å²) in [4.78, 5) is 0. The maximum Gasteiger partial charge on any atom is 0.0458 e. The van der Waals surface area contributed by atoms with E-state index in [1.807, 2.05) is 24.3 Å². The maximum atomic E-state index is 5.64. The summed E-state index contributed by atoms with van der Waals surface area (Å²) < 4.78 is 2.64. The summed E-state index contributed by atoms with van der Waals surface area (Å²) in [7, 11) is 0. The minimum atomic E-state index is -0.759. The molecular formula is C7H10I2N2S. The Labute approximate surface area is 98.3 Å². The highest BCUT2D eigenvalue weighted by atomic mass is 127. The van der Waals surface area contributed by atoms with E-state index in [0.717, 1.165) is 11.4 Å². The first-order chi connectivity index (χ1) is 5.47. The molecule has 2 nitrogen and oxygen atoms in total. The Hall–Kier alpha value is 0.630. The maximum absolute atomic E-state index is 5.64. The Morgan fingerprint density at radius 3 is 2.58 bits per heavy atom. The Morgan fingerprint density at radius 2 is 2.08 bits per heavy atom. The van der Waals surface area contributed by atoms with Crippen LogP contribution in [0.2, 0.25) is 0 Å². The molecule has 0 amide bonds. The van der Waals surface area contributed by atoms with Gasteiger partial charge in [0.15, 0.2) is 0 Å². The fraction of sp³-hybridized carbons (Fsp3) is 0.143. The highest BCUT2D eigenvalue weighted by Gasteiger charge is 2.06. The number of nitrogens with one attached hydrogen (secondary N) is 1. The van der Waals surface area contributed by atoms with Gasteiger partial charge in [-0.3, -0.25) is 0 Å². The van der Waals surface area contributed by atoms with Crippen molar-refractivity contribution in [2.24, 2.45) is 0 Å². The van der Waals surface area contributed by atoms with Crippen LogP contribution >= 0.6 is 47.0 Å². The molecule has 5 heteroatoms. The van der Waals surface area contributed by atoms with E-state index in [0.29, 0.717) is 0 Å². The number of benzene rings is 1. The highest BCUT2D eigenvalue weighted by molar-refractivity contribution is 14.3. The first-order valence-electron chi connectivity index (χ1n) is 3.28. The molecule has 0 bridgehead atoms. The van der Waals surface area contributed by atoms with E-state index in [9.17, 15) is 0 Å². The third-order valence-electron chi connectivity index (χ3n) is 1.18. The quantitative estimate of drug-likeness (QED) is 0.579. The summed E-state index contributed by atoms with van der Waals surface area (Å²) in [6.45, 7) is 0. The van der Waals surface area contributed by atoms with Gasteiger partial charge in [0.05, 0.1) is 0 Å². The fourth-order valence-corrected chi connectivity index (χ4v) is 2.88. The zero-order valence-electron chi connectivity index (χ0n) is 6.55. The Balaban J connectivity index is 2.77. The molecule has 0 aromatic heterocycles. The molecular weight excluding hydrogens is 398 g/mol. The van der Waals surface area contributed by atoms with Gasteiger partial charge in [0.2, 0.25) is 0 Å². The molecule has 0 fully saturated rings. The van der Waals surface area contributed by atoms with Crippen LogP contribution in [0.1, 0.15) is 0 Å². The number of rotatable bonds is 2. The number of nitrogens with two attached hydrogens (primary N) is 1. The van der Waals surface area contributed by atoms with E-state index in [2.05, 4.69) is 53.4 Å².